The predicted molar refractivity (Wildman–Crippen MR) is 96.9 cm³/mol. The van der Waals surface area contributed by atoms with Crippen molar-refractivity contribution in [1.82, 2.24) is 9.97 Å². The number of benzene rings is 1. The largest absolute Gasteiger partial charge is 0.369 e. The quantitative estimate of drug-likeness (QED) is 0.782. The van der Waals surface area contributed by atoms with Gasteiger partial charge in [-0.3, -0.25) is 4.79 Å². The van der Waals surface area contributed by atoms with Crippen LogP contribution in [0.25, 0.3) is 21.6 Å². The summed E-state index contributed by atoms with van der Waals surface area (Å²) in [7, 11) is 0. The zero-order chi connectivity index (χ0) is 17.4. The lowest BCUT2D eigenvalue weighted by atomic mass is 9.97. The molecule has 2 aromatic heterocycles. The highest BCUT2D eigenvalue weighted by molar-refractivity contribution is 7.21. The van der Waals surface area contributed by atoms with Crippen LogP contribution < -0.4 is 10.6 Å². The molecule has 4 rings (SSSR count). The van der Waals surface area contributed by atoms with Gasteiger partial charge in [-0.25, -0.2) is 14.4 Å². The van der Waals surface area contributed by atoms with Crippen molar-refractivity contribution in [2.75, 3.05) is 18.0 Å². The molecule has 0 unspecified atom stereocenters. The summed E-state index contributed by atoms with van der Waals surface area (Å²) in [4.78, 5) is 23.7. The van der Waals surface area contributed by atoms with E-state index in [1.54, 1.807) is 12.1 Å². The molecule has 1 saturated heterocycles. The molecule has 0 spiro atoms. The summed E-state index contributed by atoms with van der Waals surface area (Å²) in [6.45, 7) is 1.55. The van der Waals surface area contributed by atoms with Crippen molar-refractivity contribution in [1.29, 1.82) is 0 Å². The molecule has 0 atom stereocenters. The first-order valence-electron chi connectivity index (χ1n) is 8.18. The maximum absolute atomic E-state index is 13.1. The van der Waals surface area contributed by atoms with Crippen molar-refractivity contribution >= 4 is 32.7 Å². The number of rotatable bonds is 3. The Morgan fingerprint density at radius 1 is 1.12 bits per heavy atom. The highest BCUT2D eigenvalue weighted by atomic mass is 32.1. The Balaban J connectivity index is 1.58. The Kier molecular flexibility index (Phi) is 4.09. The molecule has 0 saturated carbocycles. The van der Waals surface area contributed by atoms with E-state index < -0.39 is 0 Å². The van der Waals surface area contributed by atoms with E-state index in [1.807, 2.05) is 12.1 Å². The van der Waals surface area contributed by atoms with Crippen molar-refractivity contribution in [3.8, 4) is 11.3 Å². The van der Waals surface area contributed by atoms with E-state index in [2.05, 4.69) is 14.9 Å². The van der Waals surface area contributed by atoms with Crippen molar-refractivity contribution < 1.29 is 9.18 Å². The third kappa shape index (κ3) is 3.19. The first kappa shape index (κ1) is 16.0. The molecular formula is C18H17FN4OS. The molecule has 0 aliphatic carbocycles. The van der Waals surface area contributed by atoms with Crippen LogP contribution in [0.4, 0.5) is 9.52 Å². The molecule has 128 valence electrons. The molecule has 5 nitrogen and oxygen atoms in total. The molecule has 1 amide bonds. The standard InChI is InChI=1S/C18H17FN4OS/c19-13-3-1-11(2-4-13)14-5-6-15-17(21-14)25-18(22-15)23-9-7-12(8-10-23)16(20)24/h1-6,12H,7-10H2,(H2,20,24). The molecule has 0 bridgehead atoms. The van der Waals surface area contributed by atoms with Gasteiger partial charge in [-0.15, -0.1) is 0 Å². The van der Waals surface area contributed by atoms with Crippen LogP contribution in [-0.2, 0) is 4.79 Å². The molecule has 1 aromatic carbocycles. The van der Waals surface area contributed by atoms with Gasteiger partial charge in [0.05, 0.1) is 5.69 Å². The minimum atomic E-state index is -0.260. The fraction of sp³-hybridized carbons (Fsp3) is 0.278. The molecular weight excluding hydrogens is 339 g/mol. The number of carbonyl (C=O) groups excluding carboxylic acids is 1. The van der Waals surface area contributed by atoms with Gasteiger partial charge < -0.3 is 10.6 Å². The van der Waals surface area contributed by atoms with E-state index in [-0.39, 0.29) is 17.6 Å². The van der Waals surface area contributed by atoms with E-state index in [4.69, 9.17) is 5.73 Å². The number of pyridine rings is 1. The van der Waals surface area contributed by atoms with Crippen LogP contribution in [-0.4, -0.2) is 29.0 Å². The highest BCUT2D eigenvalue weighted by Gasteiger charge is 2.25. The zero-order valence-electron chi connectivity index (χ0n) is 13.5. The van der Waals surface area contributed by atoms with E-state index >= 15 is 0 Å². The van der Waals surface area contributed by atoms with Crippen molar-refractivity contribution in [3.63, 3.8) is 0 Å². The third-order valence-corrected chi connectivity index (χ3v) is 5.58. The predicted octanol–water partition coefficient (Wildman–Crippen LogP) is 3.20. The molecule has 1 aliphatic rings. The number of anilines is 1. The minimum Gasteiger partial charge on any atom is -0.369 e. The molecule has 1 aliphatic heterocycles. The van der Waals surface area contributed by atoms with Gasteiger partial charge in [-0.2, -0.15) is 0 Å². The van der Waals surface area contributed by atoms with Crippen molar-refractivity contribution in [3.05, 3.63) is 42.2 Å². The fourth-order valence-corrected chi connectivity index (χ4v) is 4.07. The van der Waals surface area contributed by atoms with Gasteiger partial charge in [0, 0.05) is 24.6 Å². The average Bonchev–Trinajstić information content (AvgIpc) is 3.05. The van der Waals surface area contributed by atoms with E-state index in [9.17, 15) is 9.18 Å². The Morgan fingerprint density at radius 3 is 2.52 bits per heavy atom. The average molecular weight is 356 g/mol. The van der Waals surface area contributed by atoms with Gasteiger partial charge in [-0.1, -0.05) is 11.3 Å². The van der Waals surface area contributed by atoms with E-state index in [0.717, 1.165) is 52.7 Å². The number of carbonyl (C=O) groups is 1. The minimum absolute atomic E-state index is 0.0335. The SMILES string of the molecule is NC(=O)C1CCN(c2nc3ccc(-c4ccc(F)cc4)nc3s2)CC1. The molecule has 7 heteroatoms. The Hall–Kier alpha value is -2.54. The smallest absolute Gasteiger partial charge is 0.220 e. The monoisotopic (exact) mass is 356 g/mol. The van der Waals surface area contributed by atoms with Crippen LogP contribution in [0.2, 0.25) is 0 Å². The summed E-state index contributed by atoms with van der Waals surface area (Å²) >= 11 is 1.54. The second kappa shape index (κ2) is 6.40. The summed E-state index contributed by atoms with van der Waals surface area (Å²) in [5.74, 6) is -0.507. The van der Waals surface area contributed by atoms with Crippen LogP contribution in [0.5, 0.6) is 0 Å². The summed E-state index contributed by atoms with van der Waals surface area (Å²) in [5.41, 5.74) is 7.92. The molecule has 3 heterocycles. The molecule has 1 fully saturated rings. The fourth-order valence-electron chi connectivity index (χ4n) is 3.08. The number of hydrogen-bond donors (Lipinski definition) is 1. The second-order valence-corrected chi connectivity index (χ2v) is 7.14. The van der Waals surface area contributed by atoms with Gasteiger partial charge in [0.2, 0.25) is 5.91 Å². The number of halogens is 1. The Morgan fingerprint density at radius 2 is 1.84 bits per heavy atom. The molecule has 0 radical (unpaired) electrons. The van der Waals surface area contributed by atoms with E-state index in [1.165, 1.54) is 23.5 Å². The number of amides is 1. The molecule has 2 N–H and O–H groups in total. The lowest BCUT2D eigenvalue weighted by Crippen LogP contribution is -2.38. The van der Waals surface area contributed by atoms with Gasteiger partial charge in [0.1, 0.15) is 16.2 Å². The summed E-state index contributed by atoms with van der Waals surface area (Å²) < 4.78 is 13.1. The first-order valence-corrected chi connectivity index (χ1v) is 8.99. The highest BCUT2D eigenvalue weighted by Crippen LogP contribution is 2.32. The number of piperidine rings is 1. The van der Waals surface area contributed by atoms with Crippen LogP contribution in [0.15, 0.2) is 36.4 Å². The Bertz CT molecular complexity index is 916. The lowest BCUT2D eigenvalue weighted by Gasteiger charge is -2.30. The summed E-state index contributed by atoms with van der Waals surface area (Å²) in [6, 6.07) is 10.2. The number of nitrogens with zero attached hydrogens (tertiary/aromatic N) is 3. The van der Waals surface area contributed by atoms with Gasteiger partial charge in [-0.05, 0) is 49.2 Å². The van der Waals surface area contributed by atoms with Crippen LogP contribution in [0, 0.1) is 11.7 Å². The Labute approximate surface area is 148 Å². The number of nitrogens with two attached hydrogens (primary N) is 1. The molecule has 25 heavy (non-hydrogen) atoms. The maximum Gasteiger partial charge on any atom is 0.220 e. The van der Waals surface area contributed by atoms with E-state index in [0.29, 0.717) is 0 Å². The summed E-state index contributed by atoms with van der Waals surface area (Å²) in [6.07, 6.45) is 1.53. The third-order valence-electron chi connectivity index (χ3n) is 4.55. The second-order valence-electron chi connectivity index (χ2n) is 6.19. The van der Waals surface area contributed by atoms with Crippen LogP contribution in [0.3, 0.4) is 0 Å². The van der Waals surface area contributed by atoms with Crippen LogP contribution >= 0.6 is 11.3 Å². The number of aromatic nitrogens is 2. The zero-order valence-corrected chi connectivity index (χ0v) is 14.3. The van der Waals surface area contributed by atoms with Crippen molar-refractivity contribution in [2.24, 2.45) is 11.7 Å². The normalized spacial score (nSPS) is 15.6. The lowest BCUT2D eigenvalue weighted by molar-refractivity contribution is -0.122. The number of fused-ring (bicyclic) bond motifs is 1. The number of primary amides is 1. The van der Waals surface area contributed by atoms with Crippen molar-refractivity contribution in [2.45, 2.75) is 12.8 Å². The van der Waals surface area contributed by atoms with Gasteiger partial charge in [0.25, 0.3) is 0 Å². The number of hydrogen-bond acceptors (Lipinski definition) is 5. The molecule has 3 aromatic rings. The topological polar surface area (TPSA) is 72.1 Å². The maximum atomic E-state index is 13.1. The van der Waals surface area contributed by atoms with Gasteiger partial charge >= 0.3 is 0 Å². The van der Waals surface area contributed by atoms with Crippen LogP contribution in [0.1, 0.15) is 12.8 Å². The number of thiazole rings is 1. The van der Waals surface area contributed by atoms with Gasteiger partial charge in [0.15, 0.2) is 5.13 Å². The first-order chi connectivity index (χ1) is 12.1. The summed E-state index contributed by atoms with van der Waals surface area (Å²) in [5, 5.41) is 0.918.